The zero-order valence-electron chi connectivity index (χ0n) is 18.4. The fraction of sp³-hybridized carbons (Fsp3) is 0.192. The van der Waals surface area contributed by atoms with E-state index in [1.807, 2.05) is 48.5 Å². The van der Waals surface area contributed by atoms with Gasteiger partial charge in [-0.25, -0.2) is 8.42 Å². The van der Waals surface area contributed by atoms with Crippen LogP contribution in [0.2, 0.25) is 0 Å². The zero-order chi connectivity index (χ0) is 23.3. The van der Waals surface area contributed by atoms with Crippen LogP contribution in [0, 0.1) is 0 Å². The van der Waals surface area contributed by atoms with Gasteiger partial charge in [-0.1, -0.05) is 36.4 Å². The maximum absolute atomic E-state index is 12.5. The topological polar surface area (TPSA) is 88.3 Å². The molecule has 3 aromatic carbocycles. The monoisotopic (exact) mass is 462 g/mol. The predicted molar refractivity (Wildman–Crippen MR) is 130 cm³/mol. The lowest BCUT2D eigenvalue weighted by atomic mass is 10.0. The first-order valence-corrected chi connectivity index (χ1v) is 12.4. The summed E-state index contributed by atoms with van der Waals surface area (Å²) < 4.78 is 30.0. The minimum atomic E-state index is -3.42. The van der Waals surface area contributed by atoms with E-state index in [0.717, 1.165) is 33.5 Å². The number of hydrogen-bond acceptors (Lipinski definition) is 4. The molecule has 0 aliphatic heterocycles. The Balaban J connectivity index is 1.44. The second kappa shape index (κ2) is 9.92. The van der Waals surface area contributed by atoms with Crippen LogP contribution in [0.3, 0.4) is 0 Å². The van der Waals surface area contributed by atoms with Gasteiger partial charge in [-0.05, 0) is 60.0 Å². The number of aryl methyl sites for hydroxylation is 1. The number of carbonyl (C=O) groups excluding carboxylic acids is 1. The van der Waals surface area contributed by atoms with Crippen LogP contribution < -0.4 is 10.1 Å². The van der Waals surface area contributed by atoms with Gasteiger partial charge < -0.3 is 15.0 Å². The van der Waals surface area contributed by atoms with E-state index >= 15 is 0 Å². The van der Waals surface area contributed by atoms with Crippen LogP contribution >= 0.6 is 0 Å². The number of aromatic amines is 1. The van der Waals surface area contributed by atoms with Gasteiger partial charge in [0.15, 0.2) is 9.84 Å². The summed E-state index contributed by atoms with van der Waals surface area (Å²) in [7, 11) is -1.79. The number of sulfone groups is 1. The minimum absolute atomic E-state index is 0.0787. The summed E-state index contributed by atoms with van der Waals surface area (Å²) in [5.41, 5.74) is 4.05. The number of carbonyl (C=O) groups is 1. The van der Waals surface area contributed by atoms with Crippen molar-refractivity contribution in [1.82, 2.24) is 10.3 Å². The van der Waals surface area contributed by atoms with Crippen LogP contribution in [0.1, 0.15) is 12.0 Å². The van der Waals surface area contributed by atoms with Gasteiger partial charge in [0.1, 0.15) is 5.75 Å². The summed E-state index contributed by atoms with van der Waals surface area (Å²) in [5.74, 6) is 0.470. The molecule has 0 unspecified atom stereocenters. The summed E-state index contributed by atoms with van der Waals surface area (Å²) in [6.45, 7) is 0.0787. The number of aromatic nitrogens is 1. The Morgan fingerprint density at radius 3 is 2.36 bits per heavy atom. The second-order valence-corrected chi connectivity index (χ2v) is 9.84. The highest BCUT2D eigenvalue weighted by molar-refractivity contribution is 7.91. The molecule has 1 heterocycles. The standard InChI is InChI=1S/C26H26N2O4S/c1-32-20-13-11-19(12-14-20)26-23(22-9-5-6-10-24(22)28-26)15-16-25(29)27-17-18-33(30,31)21-7-3-2-4-8-21/h2-14,28H,15-18H2,1H3,(H,27,29). The number of methoxy groups -OCH3 is 1. The number of nitrogens with one attached hydrogen (secondary N) is 2. The number of benzene rings is 3. The molecule has 1 amide bonds. The number of rotatable bonds is 9. The van der Waals surface area contributed by atoms with Crippen molar-refractivity contribution in [3.63, 3.8) is 0 Å². The highest BCUT2D eigenvalue weighted by atomic mass is 32.2. The van der Waals surface area contributed by atoms with Crippen molar-refractivity contribution in [2.45, 2.75) is 17.7 Å². The van der Waals surface area contributed by atoms with Crippen LogP contribution in [0.5, 0.6) is 5.75 Å². The summed E-state index contributed by atoms with van der Waals surface area (Å²) in [5, 5.41) is 3.82. The molecule has 4 rings (SSSR count). The van der Waals surface area contributed by atoms with Crippen LogP contribution in [0.25, 0.3) is 22.2 Å². The van der Waals surface area contributed by atoms with Crippen molar-refractivity contribution in [1.29, 1.82) is 0 Å². The predicted octanol–water partition coefficient (Wildman–Crippen LogP) is 4.37. The molecule has 0 aliphatic rings. The Morgan fingerprint density at radius 1 is 0.939 bits per heavy atom. The minimum Gasteiger partial charge on any atom is -0.497 e. The molecule has 4 aromatic rings. The molecular formula is C26H26N2O4S. The summed E-state index contributed by atoms with van der Waals surface area (Å²) in [4.78, 5) is 16.2. The van der Waals surface area contributed by atoms with Gasteiger partial charge in [-0.15, -0.1) is 0 Å². The van der Waals surface area contributed by atoms with Crippen molar-refractivity contribution < 1.29 is 17.9 Å². The molecule has 0 fully saturated rings. The molecule has 7 heteroatoms. The Morgan fingerprint density at radius 2 is 1.64 bits per heavy atom. The second-order valence-electron chi connectivity index (χ2n) is 7.73. The van der Waals surface area contributed by atoms with E-state index in [0.29, 0.717) is 6.42 Å². The fourth-order valence-corrected chi connectivity index (χ4v) is 5.04. The SMILES string of the molecule is COc1ccc(-c2[nH]c3ccccc3c2CCC(=O)NCCS(=O)(=O)c2ccccc2)cc1. The normalized spacial score (nSPS) is 11.4. The number of hydrogen-bond donors (Lipinski definition) is 2. The molecule has 0 radical (unpaired) electrons. The Labute approximate surface area is 193 Å². The molecular weight excluding hydrogens is 436 g/mol. The summed E-state index contributed by atoms with van der Waals surface area (Å²) in [6.07, 6.45) is 0.791. The van der Waals surface area contributed by atoms with Crippen LogP contribution in [-0.2, 0) is 21.1 Å². The quantitative estimate of drug-likeness (QED) is 0.387. The third kappa shape index (κ3) is 5.26. The average molecular weight is 463 g/mol. The smallest absolute Gasteiger partial charge is 0.220 e. The number of H-pyrrole nitrogens is 1. The Hall–Kier alpha value is -3.58. The molecule has 0 atom stereocenters. The maximum Gasteiger partial charge on any atom is 0.220 e. The molecule has 1 aromatic heterocycles. The van der Waals surface area contributed by atoms with Crippen molar-refractivity contribution in [3.8, 4) is 17.0 Å². The fourth-order valence-electron chi connectivity index (χ4n) is 3.86. The van der Waals surface area contributed by atoms with E-state index in [1.54, 1.807) is 37.4 Å². The van der Waals surface area contributed by atoms with Gasteiger partial charge in [-0.3, -0.25) is 4.79 Å². The third-order valence-corrected chi connectivity index (χ3v) is 7.32. The van der Waals surface area contributed by atoms with Gasteiger partial charge >= 0.3 is 0 Å². The summed E-state index contributed by atoms with van der Waals surface area (Å²) >= 11 is 0. The van der Waals surface area contributed by atoms with Crippen LogP contribution in [0.4, 0.5) is 0 Å². The van der Waals surface area contributed by atoms with Gasteiger partial charge in [0.2, 0.25) is 5.91 Å². The van der Waals surface area contributed by atoms with Gasteiger partial charge in [0.25, 0.3) is 0 Å². The Kier molecular flexibility index (Phi) is 6.79. The highest BCUT2D eigenvalue weighted by Crippen LogP contribution is 2.32. The molecule has 0 aliphatic carbocycles. The third-order valence-electron chi connectivity index (χ3n) is 5.59. The molecule has 0 spiro atoms. The first kappa shape index (κ1) is 22.6. The molecule has 0 saturated heterocycles. The van der Waals surface area contributed by atoms with Crippen molar-refractivity contribution >= 4 is 26.6 Å². The van der Waals surface area contributed by atoms with Gasteiger partial charge in [0, 0.05) is 29.6 Å². The van der Waals surface area contributed by atoms with Crippen molar-refractivity contribution in [3.05, 3.63) is 84.4 Å². The zero-order valence-corrected chi connectivity index (χ0v) is 19.2. The first-order valence-electron chi connectivity index (χ1n) is 10.8. The maximum atomic E-state index is 12.5. The molecule has 170 valence electrons. The molecule has 2 N–H and O–H groups in total. The molecule has 6 nitrogen and oxygen atoms in total. The van der Waals surface area contributed by atoms with Crippen molar-refractivity contribution in [2.24, 2.45) is 0 Å². The van der Waals surface area contributed by atoms with Crippen LogP contribution in [-0.4, -0.2) is 38.7 Å². The van der Waals surface area contributed by atoms with E-state index in [1.165, 1.54) is 0 Å². The van der Waals surface area contributed by atoms with E-state index in [4.69, 9.17) is 4.74 Å². The van der Waals surface area contributed by atoms with E-state index in [-0.39, 0.29) is 29.5 Å². The van der Waals surface area contributed by atoms with Gasteiger partial charge in [0.05, 0.1) is 17.8 Å². The van der Waals surface area contributed by atoms with Gasteiger partial charge in [-0.2, -0.15) is 0 Å². The largest absolute Gasteiger partial charge is 0.497 e. The molecule has 33 heavy (non-hydrogen) atoms. The lowest BCUT2D eigenvalue weighted by Gasteiger charge is -2.08. The summed E-state index contributed by atoms with van der Waals surface area (Å²) in [6, 6.07) is 24.1. The van der Waals surface area contributed by atoms with E-state index < -0.39 is 9.84 Å². The lowest BCUT2D eigenvalue weighted by Crippen LogP contribution is -2.29. The number of fused-ring (bicyclic) bond motifs is 1. The number of amides is 1. The highest BCUT2D eigenvalue weighted by Gasteiger charge is 2.16. The van der Waals surface area contributed by atoms with E-state index in [2.05, 4.69) is 10.3 Å². The number of para-hydroxylation sites is 1. The molecule has 0 bridgehead atoms. The van der Waals surface area contributed by atoms with Crippen molar-refractivity contribution in [2.75, 3.05) is 19.4 Å². The van der Waals surface area contributed by atoms with Crippen LogP contribution in [0.15, 0.2) is 83.8 Å². The molecule has 0 saturated carbocycles. The first-order chi connectivity index (χ1) is 16.0. The Bertz CT molecular complexity index is 1340. The lowest BCUT2D eigenvalue weighted by molar-refractivity contribution is -0.120. The average Bonchev–Trinajstić information content (AvgIpc) is 3.22. The van der Waals surface area contributed by atoms with E-state index in [9.17, 15) is 13.2 Å². The number of ether oxygens (including phenoxy) is 1.